The highest BCUT2D eigenvalue weighted by Crippen LogP contribution is 2.26. The Balaban J connectivity index is 1.75. The van der Waals surface area contributed by atoms with Crippen molar-refractivity contribution in [2.24, 2.45) is 0 Å². The van der Waals surface area contributed by atoms with E-state index in [1.54, 1.807) is 12.1 Å². The van der Waals surface area contributed by atoms with Gasteiger partial charge in [0.15, 0.2) is 10.9 Å². The number of H-pyrrole nitrogens is 1. The van der Waals surface area contributed by atoms with E-state index < -0.39 is 5.56 Å². The van der Waals surface area contributed by atoms with E-state index in [2.05, 4.69) is 25.8 Å². The van der Waals surface area contributed by atoms with Gasteiger partial charge in [-0.25, -0.2) is 0 Å². The van der Waals surface area contributed by atoms with Crippen LogP contribution in [-0.4, -0.2) is 32.7 Å². The van der Waals surface area contributed by atoms with E-state index in [9.17, 15) is 14.4 Å². The summed E-state index contributed by atoms with van der Waals surface area (Å²) in [6, 6.07) is 11.3. The molecule has 0 fully saturated rings. The molecule has 0 saturated carbocycles. The fraction of sp³-hybridized carbons (Fsp3) is 0.292. The molecule has 1 heterocycles. The third-order valence-corrected chi connectivity index (χ3v) is 5.88. The summed E-state index contributed by atoms with van der Waals surface area (Å²) in [6.45, 7) is 7.37. The maximum atomic E-state index is 12.7. The standard InChI is InChI=1S/C24H27N5O3S/c1-5-16-8-7-9-17(6-2)21(16)26-20(31)13-33-24-27-23(32)22(28-29-24)18-12-14(3)10-11-19(18)25-15(4)30/h7-12H,5-6,13H2,1-4H3,(H,25,30)(H,26,31)(H,27,29,32). The van der Waals surface area contributed by atoms with E-state index in [-0.39, 0.29) is 28.4 Å². The largest absolute Gasteiger partial charge is 0.326 e. The maximum Gasteiger partial charge on any atom is 0.278 e. The lowest BCUT2D eigenvalue weighted by Crippen LogP contribution is -2.19. The highest BCUT2D eigenvalue weighted by atomic mass is 32.2. The van der Waals surface area contributed by atoms with E-state index in [1.165, 1.54) is 6.92 Å². The summed E-state index contributed by atoms with van der Waals surface area (Å²) in [5.74, 6) is -0.361. The fourth-order valence-electron chi connectivity index (χ4n) is 3.43. The lowest BCUT2D eigenvalue weighted by molar-refractivity contribution is -0.114. The molecular formula is C24H27N5O3S. The molecule has 8 nitrogen and oxygen atoms in total. The molecule has 2 aromatic carbocycles. The first-order valence-electron chi connectivity index (χ1n) is 10.7. The van der Waals surface area contributed by atoms with Crippen LogP contribution >= 0.6 is 11.8 Å². The van der Waals surface area contributed by atoms with Crippen molar-refractivity contribution in [3.8, 4) is 11.3 Å². The van der Waals surface area contributed by atoms with Crippen LogP contribution in [0.4, 0.5) is 11.4 Å². The molecule has 0 unspecified atom stereocenters. The van der Waals surface area contributed by atoms with Gasteiger partial charge in [-0.2, -0.15) is 0 Å². The third-order valence-electron chi connectivity index (χ3n) is 5.02. The minimum Gasteiger partial charge on any atom is -0.326 e. The predicted octanol–water partition coefficient (Wildman–Crippen LogP) is 3.95. The first-order chi connectivity index (χ1) is 15.8. The van der Waals surface area contributed by atoms with Gasteiger partial charge < -0.3 is 10.6 Å². The van der Waals surface area contributed by atoms with E-state index >= 15 is 0 Å². The number of aromatic nitrogens is 3. The molecule has 0 aliphatic heterocycles. The van der Waals surface area contributed by atoms with Gasteiger partial charge in [0.25, 0.3) is 5.56 Å². The van der Waals surface area contributed by atoms with Gasteiger partial charge in [0.2, 0.25) is 11.8 Å². The third kappa shape index (κ3) is 6.07. The topological polar surface area (TPSA) is 117 Å². The van der Waals surface area contributed by atoms with Gasteiger partial charge in [0.1, 0.15) is 0 Å². The summed E-state index contributed by atoms with van der Waals surface area (Å²) < 4.78 is 0. The second-order valence-corrected chi connectivity index (χ2v) is 8.50. The van der Waals surface area contributed by atoms with Crippen molar-refractivity contribution in [2.75, 3.05) is 16.4 Å². The Hall–Kier alpha value is -3.46. The van der Waals surface area contributed by atoms with Gasteiger partial charge in [0.05, 0.1) is 11.4 Å². The SMILES string of the molecule is CCc1cccc(CC)c1NC(=O)CSc1nnc(-c2cc(C)ccc2NC(C)=O)c(=O)[nH]1. The van der Waals surface area contributed by atoms with Crippen LogP contribution in [0.25, 0.3) is 11.3 Å². The van der Waals surface area contributed by atoms with Gasteiger partial charge in [-0.3, -0.25) is 19.4 Å². The molecule has 0 saturated heterocycles. The Bertz CT molecular complexity index is 1220. The summed E-state index contributed by atoms with van der Waals surface area (Å²) in [7, 11) is 0. The fourth-order valence-corrected chi connectivity index (χ4v) is 4.03. The molecule has 9 heteroatoms. The van der Waals surface area contributed by atoms with Gasteiger partial charge in [-0.1, -0.05) is 55.4 Å². The quantitative estimate of drug-likeness (QED) is 0.434. The normalized spacial score (nSPS) is 10.7. The molecule has 3 rings (SSSR count). The maximum absolute atomic E-state index is 12.7. The average molecular weight is 466 g/mol. The number of nitrogens with one attached hydrogen (secondary N) is 3. The van der Waals surface area contributed by atoms with Gasteiger partial charge in [-0.05, 0) is 43.0 Å². The number of para-hydroxylation sites is 1. The molecule has 0 atom stereocenters. The van der Waals surface area contributed by atoms with Gasteiger partial charge >= 0.3 is 0 Å². The predicted molar refractivity (Wildman–Crippen MR) is 132 cm³/mol. The van der Waals surface area contributed by atoms with Crippen molar-refractivity contribution < 1.29 is 9.59 Å². The Labute approximate surface area is 196 Å². The van der Waals surface area contributed by atoms with Crippen molar-refractivity contribution in [3.63, 3.8) is 0 Å². The van der Waals surface area contributed by atoms with Crippen molar-refractivity contribution in [1.82, 2.24) is 15.2 Å². The average Bonchev–Trinajstić information content (AvgIpc) is 2.79. The summed E-state index contributed by atoms with van der Waals surface area (Å²) >= 11 is 1.10. The molecule has 0 aliphatic rings. The number of thioether (sulfide) groups is 1. The number of aryl methyl sites for hydroxylation is 3. The highest BCUT2D eigenvalue weighted by Gasteiger charge is 2.15. The van der Waals surface area contributed by atoms with E-state index in [1.807, 2.05) is 45.0 Å². The number of carbonyl (C=O) groups is 2. The molecular weight excluding hydrogens is 438 g/mol. The molecule has 0 spiro atoms. The van der Waals surface area contributed by atoms with Crippen LogP contribution < -0.4 is 16.2 Å². The number of hydrogen-bond acceptors (Lipinski definition) is 6. The number of nitrogens with zero attached hydrogens (tertiary/aromatic N) is 2. The zero-order valence-corrected chi connectivity index (χ0v) is 19.9. The minimum absolute atomic E-state index is 0.0761. The van der Waals surface area contributed by atoms with E-state index in [0.717, 1.165) is 47.0 Å². The number of amides is 2. The van der Waals surface area contributed by atoms with Crippen molar-refractivity contribution in [3.05, 3.63) is 63.4 Å². The molecule has 0 radical (unpaired) electrons. The minimum atomic E-state index is -0.449. The molecule has 3 N–H and O–H groups in total. The Morgan fingerprint density at radius 1 is 1.03 bits per heavy atom. The van der Waals surface area contributed by atoms with Crippen LogP contribution in [0, 0.1) is 6.92 Å². The van der Waals surface area contributed by atoms with Crippen LogP contribution in [0.1, 0.15) is 37.5 Å². The van der Waals surface area contributed by atoms with Crippen molar-refractivity contribution in [1.29, 1.82) is 0 Å². The second-order valence-electron chi connectivity index (χ2n) is 7.53. The van der Waals surface area contributed by atoms with Crippen LogP contribution in [-0.2, 0) is 22.4 Å². The van der Waals surface area contributed by atoms with Gasteiger partial charge in [-0.15, -0.1) is 10.2 Å². The summed E-state index contributed by atoms with van der Waals surface area (Å²) in [6.07, 6.45) is 1.63. The number of hydrogen-bond donors (Lipinski definition) is 3. The van der Waals surface area contributed by atoms with Crippen molar-refractivity contribution in [2.45, 2.75) is 45.7 Å². The zero-order chi connectivity index (χ0) is 24.0. The second kappa shape index (κ2) is 10.9. The Morgan fingerprint density at radius 2 is 1.73 bits per heavy atom. The first-order valence-corrected chi connectivity index (χ1v) is 11.7. The highest BCUT2D eigenvalue weighted by molar-refractivity contribution is 7.99. The lowest BCUT2D eigenvalue weighted by atomic mass is 10.0. The van der Waals surface area contributed by atoms with Gasteiger partial charge in [0, 0.05) is 18.2 Å². The summed E-state index contributed by atoms with van der Waals surface area (Å²) in [4.78, 5) is 39.5. The van der Waals surface area contributed by atoms with E-state index in [4.69, 9.17) is 0 Å². The molecule has 1 aromatic heterocycles. The van der Waals surface area contributed by atoms with Crippen LogP contribution in [0.15, 0.2) is 46.3 Å². The van der Waals surface area contributed by atoms with Crippen molar-refractivity contribution >= 4 is 35.0 Å². The lowest BCUT2D eigenvalue weighted by Gasteiger charge is -2.14. The Morgan fingerprint density at radius 3 is 2.33 bits per heavy atom. The molecule has 0 bridgehead atoms. The number of aromatic amines is 1. The Kier molecular flexibility index (Phi) is 8.00. The smallest absolute Gasteiger partial charge is 0.278 e. The van der Waals surface area contributed by atoms with Crippen LogP contribution in [0.3, 0.4) is 0 Å². The van der Waals surface area contributed by atoms with Crippen LogP contribution in [0.2, 0.25) is 0 Å². The zero-order valence-electron chi connectivity index (χ0n) is 19.1. The number of carbonyl (C=O) groups excluding carboxylic acids is 2. The molecule has 0 aliphatic carbocycles. The summed E-state index contributed by atoms with van der Waals surface area (Å²) in [5, 5.41) is 14.1. The number of rotatable bonds is 8. The number of benzene rings is 2. The summed E-state index contributed by atoms with van der Waals surface area (Å²) in [5.41, 5.74) is 4.54. The molecule has 172 valence electrons. The molecule has 33 heavy (non-hydrogen) atoms. The monoisotopic (exact) mass is 465 g/mol. The molecule has 2 amide bonds. The molecule has 3 aromatic rings. The van der Waals surface area contributed by atoms with E-state index in [0.29, 0.717) is 11.3 Å². The first kappa shape index (κ1) is 24.2. The van der Waals surface area contributed by atoms with Crippen LogP contribution in [0.5, 0.6) is 0 Å². The number of anilines is 2.